The topological polar surface area (TPSA) is 76.5 Å². The Labute approximate surface area is 202 Å². The normalized spacial score (nSPS) is 14.4. The van der Waals surface area contributed by atoms with Crippen LogP contribution >= 0.6 is 0 Å². The van der Waals surface area contributed by atoms with E-state index in [0.717, 1.165) is 75.6 Å². The summed E-state index contributed by atoms with van der Waals surface area (Å²) in [5, 5.41) is 16.4. The largest absolute Gasteiger partial charge is 0.508 e. The maximum atomic E-state index is 9.62. The number of benzene rings is 2. The lowest BCUT2D eigenvalue weighted by atomic mass is 10.1. The molecule has 0 bridgehead atoms. The lowest BCUT2D eigenvalue weighted by Gasteiger charge is -2.30. The molecule has 1 fully saturated rings. The molecule has 4 rings (SSSR count). The molecule has 1 aromatic heterocycles. The molecule has 7 heteroatoms. The van der Waals surface area contributed by atoms with E-state index in [9.17, 15) is 5.11 Å². The first kappa shape index (κ1) is 24.1. The zero-order chi connectivity index (χ0) is 23.6. The average molecular weight is 461 g/mol. The number of aromatic hydroxyl groups is 1. The van der Waals surface area contributed by atoms with Gasteiger partial charge in [-0.1, -0.05) is 37.3 Å². The second-order valence-corrected chi connectivity index (χ2v) is 8.77. The van der Waals surface area contributed by atoms with Crippen LogP contribution in [0, 0.1) is 0 Å². The maximum absolute atomic E-state index is 9.62. The summed E-state index contributed by atoms with van der Waals surface area (Å²) in [6.45, 7) is 11.6. The molecule has 0 unspecified atom stereocenters. The number of rotatable bonds is 11. The van der Waals surface area contributed by atoms with Gasteiger partial charge in [-0.15, -0.1) is 0 Å². The van der Waals surface area contributed by atoms with Gasteiger partial charge in [-0.25, -0.2) is 9.97 Å². The summed E-state index contributed by atoms with van der Waals surface area (Å²) in [6.07, 6.45) is 2.59. The second kappa shape index (κ2) is 12.5. The van der Waals surface area contributed by atoms with Crippen molar-refractivity contribution >= 4 is 5.95 Å². The lowest BCUT2D eigenvalue weighted by molar-refractivity contribution is 0.189. The number of phenols is 1. The fourth-order valence-electron chi connectivity index (χ4n) is 4.29. The molecule has 2 aromatic carbocycles. The van der Waals surface area contributed by atoms with Crippen molar-refractivity contribution in [3.63, 3.8) is 0 Å². The van der Waals surface area contributed by atoms with Crippen molar-refractivity contribution in [2.45, 2.75) is 19.9 Å². The number of phenolic OH excluding ortho intramolecular Hbond substituents is 1. The quantitative estimate of drug-likeness (QED) is 0.406. The first-order valence-corrected chi connectivity index (χ1v) is 12.3. The number of aromatic nitrogens is 2. The van der Waals surface area contributed by atoms with Gasteiger partial charge in [-0.3, -0.25) is 9.80 Å². The molecule has 3 N–H and O–H groups in total. The number of anilines is 1. The van der Waals surface area contributed by atoms with E-state index in [2.05, 4.69) is 56.6 Å². The summed E-state index contributed by atoms with van der Waals surface area (Å²) in [6, 6.07) is 18.0. The Morgan fingerprint density at radius 3 is 2.71 bits per heavy atom. The van der Waals surface area contributed by atoms with E-state index in [-0.39, 0.29) is 0 Å². The minimum Gasteiger partial charge on any atom is -0.508 e. The molecule has 1 aliphatic heterocycles. The van der Waals surface area contributed by atoms with Crippen LogP contribution in [0.15, 0.2) is 60.8 Å². The Bertz CT molecular complexity index is 1040. The highest BCUT2D eigenvalue weighted by molar-refractivity contribution is 5.61. The number of nitrogens with one attached hydrogen (secondary N) is 2. The molecule has 0 radical (unpaired) electrons. The van der Waals surface area contributed by atoms with E-state index in [0.29, 0.717) is 18.2 Å². The molecule has 0 atom stereocenters. The lowest BCUT2D eigenvalue weighted by Crippen LogP contribution is -2.46. The van der Waals surface area contributed by atoms with Crippen molar-refractivity contribution in [1.82, 2.24) is 25.1 Å². The number of hydrogen-bond donors (Lipinski definition) is 3. The third-order valence-electron chi connectivity index (χ3n) is 6.28. The predicted molar refractivity (Wildman–Crippen MR) is 138 cm³/mol. The van der Waals surface area contributed by atoms with Gasteiger partial charge in [0.15, 0.2) is 0 Å². The maximum Gasteiger partial charge on any atom is 0.223 e. The van der Waals surface area contributed by atoms with Gasteiger partial charge in [0.1, 0.15) is 5.75 Å². The minimum absolute atomic E-state index is 0.293. The van der Waals surface area contributed by atoms with Gasteiger partial charge in [0.05, 0.1) is 5.69 Å². The van der Waals surface area contributed by atoms with E-state index in [1.165, 1.54) is 5.56 Å². The molecular weight excluding hydrogens is 424 g/mol. The molecule has 0 amide bonds. The highest BCUT2D eigenvalue weighted by Gasteiger charge is 2.12. The summed E-state index contributed by atoms with van der Waals surface area (Å²) < 4.78 is 0. The zero-order valence-corrected chi connectivity index (χ0v) is 20.1. The van der Waals surface area contributed by atoms with Gasteiger partial charge in [0.2, 0.25) is 5.95 Å². The highest BCUT2D eigenvalue weighted by atomic mass is 16.3. The first-order chi connectivity index (χ1) is 16.7. The van der Waals surface area contributed by atoms with Gasteiger partial charge < -0.3 is 15.7 Å². The van der Waals surface area contributed by atoms with E-state index >= 15 is 0 Å². The summed E-state index contributed by atoms with van der Waals surface area (Å²) in [5.41, 5.74) is 4.40. The van der Waals surface area contributed by atoms with Gasteiger partial charge in [-0.05, 0) is 48.4 Å². The molecule has 180 valence electrons. The fourth-order valence-corrected chi connectivity index (χ4v) is 4.29. The van der Waals surface area contributed by atoms with Crippen molar-refractivity contribution < 1.29 is 5.11 Å². The van der Waals surface area contributed by atoms with Crippen molar-refractivity contribution in [1.29, 1.82) is 0 Å². The smallest absolute Gasteiger partial charge is 0.223 e. The second-order valence-electron chi connectivity index (χ2n) is 8.77. The molecule has 7 nitrogen and oxygen atoms in total. The molecule has 1 aliphatic rings. The Balaban J connectivity index is 1.33. The van der Waals surface area contributed by atoms with Crippen molar-refractivity contribution in [3.05, 3.63) is 71.9 Å². The van der Waals surface area contributed by atoms with Crippen molar-refractivity contribution in [2.75, 3.05) is 57.7 Å². The zero-order valence-electron chi connectivity index (χ0n) is 20.1. The summed E-state index contributed by atoms with van der Waals surface area (Å²) in [4.78, 5) is 14.2. The average Bonchev–Trinajstić information content (AvgIpc) is 2.87. The Morgan fingerprint density at radius 1 is 1.06 bits per heavy atom. The monoisotopic (exact) mass is 460 g/mol. The predicted octanol–water partition coefficient (Wildman–Crippen LogP) is 3.23. The van der Waals surface area contributed by atoms with Gasteiger partial charge in [-0.2, -0.15) is 0 Å². The Morgan fingerprint density at radius 2 is 1.88 bits per heavy atom. The molecule has 3 aromatic rings. The van der Waals surface area contributed by atoms with Gasteiger partial charge in [0.25, 0.3) is 0 Å². The Hall–Kier alpha value is -3.00. The highest BCUT2D eigenvalue weighted by Crippen LogP contribution is 2.20. The molecule has 0 spiro atoms. The molecule has 34 heavy (non-hydrogen) atoms. The van der Waals surface area contributed by atoms with Crippen LogP contribution in [0.4, 0.5) is 5.95 Å². The van der Waals surface area contributed by atoms with Crippen LogP contribution in [-0.4, -0.2) is 77.2 Å². The Kier molecular flexibility index (Phi) is 8.84. The number of hydrogen-bond acceptors (Lipinski definition) is 7. The van der Waals surface area contributed by atoms with E-state index in [4.69, 9.17) is 4.98 Å². The molecule has 1 saturated heterocycles. The van der Waals surface area contributed by atoms with E-state index in [1.807, 2.05) is 18.2 Å². The molecule has 2 heterocycles. The van der Waals surface area contributed by atoms with Crippen molar-refractivity contribution in [2.24, 2.45) is 0 Å². The standard InChI is InChI=1S/C27H36N6O/c1-2-32(17-18-33-15-13-28-14-16-33)21-23-6-3-7-24(19-23)26-10-12-30-27(31-26)29-11-9-22-5-4-8-25(34)20-22/h3-8,10,12,19-20,28,34H,2,9,11,13-18,21H2,1H3,(H,29,30,31). The van der Waals surface area contributed by atoms with Crippen LogP contribution in [0.3, 0.4) is 0 Å². The van der Waals surface area contributed by atoms with Crippen LogP contribution in [0.2, 0.25) is 0 Å². The third-order valence-corrected chi connectivity index (χ3v) is 6.28. The van der Waals surface area contributed by atoms with Gasteiger partial charge in [0, 0.05) is 64.1 Å². The molecule has 0 saturated carbocycles. The van der Waals surface area contributed by atoms with E-state index in [1.54, 1.807) is 18.3 Å². The van der Waals surface area contributed by atoms with Crippen LogP contribution in [0.1, 0.15) is 18.1 Å². The SMILES string of the molecule is CCN(CCN1CCNCC1)Cc1cccc(-c2ccnc(NCCc3cccc(O)c3)n2)c1. The van der Waals surface area contributed by atoms with Gasteiger partial charge >= 0.3 is 0 Å². The van der Waals surface area contributed by atoms with Crippen LogP contribution < -0.4 is 10.6 Å². The number of nitrogens with zero attached hydrogens (tertiary/aromatic N) is 4. The summed E-state index contributed by atoms with van der Waals surface area (Å²) in [5.74, 6) is 0.912. The minimum atomic E-state index is 0.293. The molecule has 0 aliphatic carbocycles. The third kappa shape index (κ3) is 7.25. The first-order valence-electron chi connectivity index (χ1n) is 12.3. The van der Waals surface area contributed by atoms with Crippen LogP contribution in [0.5, 0.6) is 5.75 Å². The van der Waals surface area contributed by atoms with Crippen LogP contribution in [0.25, 0.3) is 11.3 Å². The van der Waals surface area contributed by atoms with E-state index < -0.39 is 0 Å². The summed E-state index contributed by atoms with van der Waals surface area (Å²) in [7, 11) is 0. The summed E-state index contributed by atoms with van der Waals surface area (Å²) >= 11 is 0. The number of likely N-dealkylation sites (N-methyl/N-ethyl adjacent to an activating group) is 1. The molecular formula is C27H36N6O. The fraction of sp³-hybridized carbons (Fsp3) is 0.407. The van der Waals surface area contributed by atoms with Crippen molar-refractivity contribution in [3.8, 4) is 17.0 Å². The number of piperazine rings is 1. The van der Waals surface area contributed by atoms with Crippen LogP contribution in [-0.2, 0) is 13.0 Å².